The number of nitrogens with one attached hydrogen (secondary N) is 1. The van der Waals surface area contributed by atoms with Gasteiger partial charge in [-0.15, -0.1) is 0 Å². The molecule has 1 saturated heterocycles. The van der Waals surface area contributed by atoms with Crippen molar-refractivity contribution in [2.45, 2.75) is 6.42 Å². The molecule has 1 aliphatic rings. The molecule has 0 bridgehead atoms. The van der Waals surface area contributed by atoms with E-state index < -0.39 is 4.92 Å². The predicted molar refractivity (Wildman–Crippen MR) is 70.6 cm³/mol. The molecule has 1 heterocycles. The minimum absolute atomic E-state index is 0.0164. The average Bonchev–Trinajstić information content (AvgIpc) is 2.54. The lowest BCUT2D eigenvalue weighted by molar-refractivity contribution is -0.384. The molecule has 2 rings (SSSR count). The Morgan fingerprint density at radius 2 is 2.17 bits per heavy atom. The molecule has 1 amide bonds. The number of anilines is 1. The van der Waals surface area contributed by atoms with Crippen LogP contribution in [-0.4, -0.2) is 30.5 Å². The average molecular weight is 314 g/mol. The lowest BCUT2D eigenvalue weighted by Gasteiger charge is -2.21. The van der Waals surface area contributed by atoms with Crippen LogP contribution in [0.1, 0.15) is 6.42 Å². The molecule has 96 valence electrons. The smallest absolute Gasteiger partial charge is 0.293 e. The number of rotatable bonds is 2. The zero-order chi connectivity index (χ0) is 13.1. The number of nitrogens with zero attached hydrogens (tertiary/aromatic N) is 2. The van der Waals surface area contributed by atoms with Crippen molar-refractivity contribution >= 4 is 33.2 Å². The van der Waals surface area contributed by atoms with Crippen molar-refractivity contribution in [3.05, 3.63) is 32.8 Å². The summed E-state index contributed by atoms with van der Waals surface area (Å²) in [5.41, 5.74) is 0.610. The summed E-state index contributed by atoms with van der Waals surface area (Å²) in [6, 6.07) is 4.95. The van der Waals surface area contributed by atoms with Crippen molar-refractivity contribution in [1.82, 2.24) is 5.32 Å². The van der Waals surface area contributed by atoms with Crippen molar-refractivity contribution in [2.75, 3.05) is 24.5 Å². The Kier molecular flexibility index (Phi) is 3.81. The van der Waals surface area contributed by atoms with Gasteiger partial charge in [-0.25, -0.2) is 0 Å². The first-order valence-corrected chi connectivity index (χ1v) is 6.33. The maximum Gasteiger partial charge on any atom is 0.293 e. The monoisotopic (exact) mass is 313 g/mol. The van der Waals surface area contributed by atoms with E-state index in [4.69, 9.17) is 0 Å². The van der Waals surface area contributed by atoms with Crippen LogP contribution in [0.15, 0.2) is 22.7 Å². The van der Waals surface area contributed by atoms with Gasteiger partial charge in [0.25, 0.3) is 5.69 Å². The van der Waals surface area contributed by atoms with Crippen LogP contribution in [0.5, 0.6) is 0 Å². The van der Waals surface area contributed by atoms with Crippen molar-refractivity contribution in [3.8, 4) is 0 Å². The molecule has 18 heavy (non-hydrogen) atoms. The third-order valence-corrected chi connectivity index (χ3v) is 3.28. The Labute approximate surface area is 112 Å². The minimum atomic E-state index is -0.403. The fraction of sp³-hybridized carbons (Fsp3) is 0.364. The third kappa shape index (κ3) is 2.79. The number of carbonyl (C=O) groups is 1. The molecule has 1 aliphatic heterocycles. The van der Waals surface area contributed by atoms with Gasteiger partial charge >= 0.3 is 0 Å². The highest BCUT2D eigenvalue weighted by atomic mass is 79.9. The van der Waals surface area contributed by atoms with E-state index in [-0.39, 0.29) is 11.6 Å². The highest BCUT2D eigenvalue weighted by Crippen LogP contribution is 2.31. The second-order valence-corrected chi connectivity index (χ2v) is 4.89. The normalized spacial score (nSPS) is 16.1. The highest BCUT2D eigenvalue weighted by molar-refractivity contribution is 9.10. The molecule has 6 nitrogen and oxygen atoms in total. The summed E-state index contributed by atoms with van der Waals surface area (Å²) in [4.78, 5) is 23.8. The van der Waals surface area contributed by atoms with Gasteiger partial charge in [-0.3, -0.25) is 14.9 Å². The quantitative estimate of drug-likeness (QED) is 0.666. The fourth-order valence-electron chi connectivity index (χ4n) is 1.92. The Balaban J connectivity index is 2.31. The molecule has 0 aromatic heterocycles. The standard InChI is InChI=1S/C11H12BrN3O3/c12-8-1-2-9(10(7-8)15(17)18)14-5-3-11(16)13-4-6-14/h1-2,7H,3-6H2,(H,13,16). The Morgan fingerprint density at radius 1 is 1.39 bits per heavy atom. The summed E-state index contributed by atoms with van der Waals surface area (Å²) in [5, 5.41) is 13.8. The molecule has 1 fully saturated rings. The maximum atomic E-state index is 11.3. The molecule has 1 aromatic carbocycles. The topological polar surface area (TPSA) is 75.5 Å². The summed E-state index contributed by atoms with van der Waals surface area (Å²) < 4.78 is 0.668. The number of carbonyl (C=O) groups excluding carboxylic acids is 1. The molecule has 0 radical (unpaired) electrons. The molecular formula is C11H12BrN3O3. The second-order valence-electron chi connectivity index (χ2n) is 3.98. The first-order valence-electron chi connectivity index (χ1n) is 5.53. The number of hydrogen-bond acceptors (Lipinski definition) is 4. The second kappa shape index (κ2) is 5.34. The maximum absolute atomic E-state index is 11.3. The van der Waals surface area contributed by atoms with Crippen LogP contribution in [0, 0.1) is 10.1 Å². The van der Waals surface area contributed by atoms with Gasteiger partial charge in [-0.1, -0.05) is 15.9 Å². The third-order valence-electron chi connectivity index (χ3n) is 2.79. The number of hydrogen-bond donors (Lipinski definition) is 1. The summed E-state index contributed by atoms with van der Waals surface area (Å²) in [6.45, 7) is 1.58. The van der Waals surface area contributed by atoms with E-state index in [1.54, 1.807) is 12.1 Å². The largest absolute Gasteiger partial charge is 0.364 e. The molecule has 0 atom stereocenters. The van der Waals surface area contributed by atoms with Crippen LogP contribution in [-0.2, 0) is 4.79 Å². The van der Waals surface area contributed by atoms with E-state index in [2.05, 4.69) is 21.2 Å². The molecule has 0 spiro atoms. The van der Waals surface area contributed by atoms with E-state index in [0.29, 0.717) is 36.2 Å². The van der Waals surface area contributed by atoms with Crippen LogP contribution in [0.25, 0.3) is 0 Å². The number of nitro groups is 1. The highest BCUT2D eigenvalue weighted by Gasteiger charge is 2.22. The number of halogens is 1. The first kappa shape index (κ1) is 12.8. The number of nitro benzene ring substituents is 1. The molecular weight excluding hydrogens is 302 g/mol. The number of benzene rings is 1. The lowest BCUT2D eigenvalue weighted by Crippen LogP contribution is -2.28. The van der Waals surface area contributed by atoms with Gasteiger partial charge in [-0.05, 0) is 12.1 Å². The zero-order valence-corrected chi connectivity index (χ0v) is 11.1. The van der Waals surface area contributed by atoms with Gasteiger partial charge in [0, 0.05) is 36.6 Å². The van der Waals surface area contributed by atoms with Crippen molar-refractivity contribution in [3.63, 3.8) is 0 Å². The van der Waals surface area contributed by atoms with Crippen LogP contribution < -0.4 is 10.2 Å². The summed E-state index contributed by atoms with van der Waals surface area (Å²) in [7, 11) is 0. The van der Waals surface area contributed by atoms with Crippen LogP contribution in [0.2, 0.25) is 0 Å². The van der Waals surface area contributed by atoms with Gasteiger partial charge in [0.05, 0.1) is 4.92 Å². The van der Waals surface area contributed by atoms with Gasteiger partial charge in [-0.2, -0.15) is 0 Å². The number of amides is 1. The summed E-state index contributed by atoms with van der Waals surface area (Å²) in [6.07, 6.45) is 0.354. The Bertz CT molecular complexity index is 492. The molecule has 1 N–H and O–H groups in total. The Morgan fingerprint density at radius 3 is 2.89 bits per heavy atom. The predicted octanol–water partition coefficient (Wildman–Crippen LogP) is 1.68. The van der Waals surface area contributed by atoms with Crippen LogP contribution >= 0.6 is 15.9 Å². The van der Waals surface area contributed by atoms with Crippen molar-refractivity contribution < 1.29 is 9.72 Å². The molecule has 7 heteroatoms. The SMILES string of the molecule is O=C1CCN(c2ccc(Br)cc2[N+](=O)[O-])CCN1. The van der Waals surface area contributed by atoms with E-state index in [9.17, 15) is 14.9 Å². The first-order chi connectivity index (χ1) is 8.58. The zero-order valence-electron chi connectivity index (χ0n) is 9.56. The van der Waals surface area contributed by atoms with Gasteiger partial charge in [0.1, 0.15) is 5.69 Å². The molecule has 0 saturated carbocycles. The van der Waals surface area contributed by atoms with E-state index in [1.807, 2.05) is 4.90 Å². The van der Waals surface area contributed by atoms with Crippen LogP contribution in [0.4, 0.5) is 11.4 Å². The van der Waals surface area contributed by atoms with Gasteiger partial charge in [0.2, 0.25) is 5.91 Å². The van der Waals surface area contributed by atoms with Gasteiger partial charge < -0.3 is 10.2 Å². The summed E-state index contributed by atoms with van der Waals surface area (Å²) in [5.74, 6) is -0.0164. The minimum Gasteiger partial charge on any atom is -0.364 e. The van der Waals surface area contributed by atoms with Gasteiger partial charge in [0.15, 0.2) is 0 Å². The van der Waals surface area contributed by atoms with E-state index >= 15 is 0 Å². The van der Waals surface area contributed by atoms with E-state index in [0.717, 1.165) is 0 Å². The van der Waals surface area contributed by atoms with E-state index in [1.165, 1.54) is 6.07 Å². The lowest BCUT2D eigenvalue weighted by atomic mass is 10.2. The molecule has 0 aliphatic carbocycles. The fourth-order valence-corrected chi connectivity index (χ4v) is 2.27. The van der Waals surface area contributed by atoms with Crippen LogP contribution in [0.3, 0.4) is 0 Å². The Hall–Kier alpha value is -1.63. The molecule has 0 unspecified atom stereocenters. The van der Waals surface area contributed by atoms with Crippen molar-refractivity contribution in [2.24, 2.45) is 0 Å². The van der Waals surface area contributed by atoms with Crippen molar-refractivity contribution in [1.29, 1.82) is 0 Å². The summed E-state index contributed by atoms with van der Waals surface area (Å²) >= 11 is 3.22. The molecule has 1 aromatic rings.